The fourth-order valence-corrected chi connectivity index (χ4v) is 11.8. The summed E-state index contributed by atoms with van der Waals surface area (Å²) < 4.78 is 7.57. The highest BCUT2D eigenvalue weighted by Crippen LogP contribution is 2.55. The minimum atomic E-state index is 0.980. The molecule has 0 saturated carbocycles. The molecule has 0 N–H and O–H groups in total. The number of hydrogen-bond donors (Lipinski definition) is 0. The lowest BCUT2D eigenvalue weighted by atomic mass is 9.86. The summed E-state index contributed by atoms with van der Waals surface area (Å²) in [5, 5.41) is 2.47. The molecule has 342 valence electrons. The number of anilines is 6. The molecule has 0 radical (unpaired) electrons. The maximum absolute atomic E-state index is 7.57. The summed E-state index contributed by atoms with van der Waals surface area (Å²) in [6, 6.07) is 0. The van der Waals surface area contributed by atoms with Crippen molar-refractivity contribution in [3.8, 4) is 0 Å². The van der Waals surface area contributed by atoms with Gasteiger partial charge in [0.2, 0.25) is 0 Å². The van der Waals surface area contributed by atoms with Crippen LogP contribution in [0.1, 0.15) is 145 Å². The zero-order chi connectivity index (χ0) is 48.6. The third kappa shape index (κ3) is 6.48. The van der Waals surface area contributed by atoms with Crippen molar-refractivity contribution in [1.29, 1.82) is 0 Å². The van der Waals surface area contributed by atoms with Crippen LogP contribution in [0.2, 0.25) is 0 Å². The molecule has 0 fully saturated rings. The van der Waals surface area contributed by atoms with E-state index >= 15 is 0 Å². The Morgan fingerprint density at radius 2 is 0.308 bits per heavy atom. The summed E-state index contributed by atoms with van der Waals surface area (Å²) in [4.78, 5) is 5.30. The zero-order valence-electron chi connectivity index (χ0n) is 45.3. The summed E-state index contributed by atoms with van der Waals surface area (Å²) in [6.45, 7) is 60.2. The second-order valence-corrected chi connectivity index (χ2v) is 20.5. The van der Waals surface area contributed by atoms with Gasteiger partial charge in [0.05, 0.1) is 34.1 Å². The number of benzene rings is 6. The van der Waals surface area contributed by atoms with E-state index in [0.29, 0.717) is 0 Å². The molecule has 0 aliphatic heterocycles. The molecular formula is C62H78N2O. The van der Waals surface area contributed by atoms with E-state index in [-0.39, 0.29) is 0 Å². The maximum Gasteiger partial charge on any atom is 0.140 e. The molecule has 0 saturated heterocycles. The number of rotatable bonds is 6. The van der Waals surface area contributed by atoms with Gasteiger partial charge in [-0.15, -0.1) is 0 Å². The molecule has 3 nitrogen and oxygen atoms in total. The molecule has 0 unspecified atom stereocenters. The van der Waals surface area contributed by atoms with Gasteiger partial charge in [-0.05, 0) is 314 Å². The molecule has 0 aliphatic carbocycles. The Morgan fingerprint density at radius 3 is 0.492 bits per heavy atom. The fourth-order valence-electron chi connectivity index (χ4n) is 11.8. The van der Waals surface area contributed by atoms with Crippen molar-refractivity contribution in [2.75, 3.05) is 9.80 Å². The molecule has 6 aromatic carbocycles. The average molecular weight is 867 g/mol. The van der Waals surface area contributed by atoms with Gasteiger partial charge in [-0.1, -0.05) is 0 Å². The Labute approximate surface area is 393 Å². The van der Waals surface area contributed by atoms with Gasteiger partial charge in [0, 0.05) is 21.9 Å². The third-order valence-corrected chi connectivity index (χ3v) is 18.1. The number of furan rings is 1. The van der Waals surface area contributed by atoms with Crippen LogP contribution in [0.4, 0.5) is 34.1 Å². The standard InChI is InChI=1S/C62H78N2O/c1-27-31(5)41(15)55(42(16)32(27)6)63(56-43(17)33(7)28(2)34(8)44(56)18)59-49(23)39(13)53-54-40(14)50(24)60(52(26)62(54)65-61(53)51(59)25)64(57-45(19)35(9)29(3)36(10)46(57)20)58-47(21)37(11)30(4)38(12)48(58)22/h1-26H3. The number of nitrogens with zero attached hydrogens (tertiary/aromatic N) is 2. The summed E-state index contributed by atoms with van der Waals surface area (Å²) >= 11 is 0. The van der Waals surface area contributed by atoms with Crippen molar-refractivity contribution in [2.24, 2.45) is 0 Å². The van der Waals surface area contributed by atoms with Gasteiger partial charge in [-0.2, -0.15) is 0 Å². The van der Waals surface area contributed by atoms with Crippen molar-refractivity contribution in [1.82, 2.24) is 0 Å². The smallest absolute Gasteiger partial charge is 0.140 e. The number of aryl methyl sites for hydroxylation is 4. The molecule has 0 bridgehead atoms. The Kier molecular flexibility index (Phi) is 11.9. The molecule has 0 amide bonds. The maximum atomic E-state index is 7.57. The van der Waals surface area contributed by atoms with Crippen molar-refractivity contribution in [3.63, 3.8) is 0 Å². The number of hydrogen-bond acceptors (Lipinski definition) is 3. The SMILES string of the molecule is Cc1c(C)c(C)c(N(c2c(C)c(C)c(C)c(C)c2C)c2c(C)c(C)c3c(oc4c(C)c(N(c5c(C)c(C)c(C)c(C)c5C)c5c(C)c(C)c(C)c(C)c5C)c(C)c(C)c43)c2C)c(C)c1C. The van der Waals surface area contributed by atoms with Crippen molar-refractivity contribution in [2.45, 2.75) is 180 Å². The highest BCUT2D eigenvalue weighted by molar-refractivity contribution is 6.15. The average Bonchev–Trinajstić information content (AvgIpc) is 3.69. The predicted molar refractivity (Wildman–Crippen MR) is 286 cm³/mol. The van der Waals surface area contributed by atoms with Crippen molar-refractivity contribution < 1.29 is 4.42 Å². The lowest BCUT2D eigenvalue weighted by molar-refractivity contribution is 0.662. The molecule has 0 aliphatic rings. The van der Waals surface area contributed by atoms with Gasteiger partial charge in [0.25, 0.3) is 0 Å². The molecule has 0 spiro atoms. The van der Waals surface area contributed by atoms with E-state index in [4.69, 9.17) is 4.42 Å². The largest absolute Gasteiger partial charge is 0.455 e. The van der Waals surface area contributed by atoms with E-state index < -0.39 is 0 Å². The normalized spacial score (nSPS) is 11.8. The lowest BCUT2D eigenvalue weighted by Crippen LogP contribution is -2.21. The van der Waals surface area contributed by atoms with Crippen LogP contribution < -0.4 is 9.80 Å². The lowest BCUT2D eigenvalue weighted by Gasteiger charge is -2.37. The van der Waals surface area contributed by atoms with Gasteiger partial charge in [0.1, 0.15) is 11.2 Å². The Hall–Kier alpha value is -5.28. The van der Waals surface area contributed by atoms with E-state index in [1.54, 1.807) is 0 Å². The number of fused-ring (bicyclic) bond motifs is 3. The van der Waals surface area contributed by atoms with Crippen LogP contribution >= 0.6 is 0 Å². The third-order valence-electron chi connectivity index (χ3n) is 18.1. The zero-order valence-corrected chi connectivity index (χ0v) is 45.3. The molecule has 3 heteroatoms. The molecule has 1 aromatic heterocycles. The van der Waals surface area contributed by atoms with Gasteiger partial charge in [-0.25, -0.2) is 0 Å². The minimum absolute atomic E-state index is 0.980. The summed E-state index contributed by atoms with van der Waals surface area (Å²) in [6.07, 6.45) is 0. The van der Waals surface area contributed by atoms with Gasteiger partial charge < -0.3 is 14.2 Å². The second kappa shape index (κ2) is 16.3. The summed E-state index contributed by atoms with van der Waals surface area (Å²) in [5.41, 5.74) is 44.0. The van der Waals surface area contributed by atoms with E-state index in [1.807, 2.05) is 0 Å². The minimum Gasteiger partial charge on any atom is -0.455 e. The second-order valence-electron chi connectivity index (χ2n) is 20.5. The van der Waals surface area contributed by atoms with Crippen LogP contribution in [0.15, 0.2) is 4.42 Å². The van der Waals surface area contributed by atoms with Gasteiger partial charge >= 0.3 is 0 Å². The predicted octanol–water partition coefficient (Wildman–Crippen LogP) is 18.5. The topological polar surface area (TPSA) is 19.6 Å². The van der Waals surface area contributed by atoms with E-state index in [0.717, 1.165) is 11.2 Å². The Bertz CT molecular complexity index is 2780. The highest BCUT2D eigenvalue weighted by Gasteiger charge is 2.34. The van der Waals surface area contributed by atoms with Crippen LogP contribution in [0, 0.1) is 180 Å². The van der Waals surface area contributed by atoms with Gasteiger partial charge in [-0.3, -0.25) is 0 Å². The highest BCUT2D eigenvalue weighted by atomic mass is 16.3. The molecular weight excluding hydrogens is 789 g/mol. The molecule has 65 heavy (non-hydrogen) atoms. The first-order chi connectivity index (χ1) is 30.2. The fraction of sp³-hybridized carbons (Fsp3) is 0.419. The first kappa shape index (κ1) is 47.7. The van der Waals surface area contributed by atoms with Crippen molar-refractivity contribution in [3.05, 3.63) is 145 Å². The van der Waals surface area contributed by atoms with Crippen LogP contribution in [-0.2, 0) is 0 Å². The van der Waals surface area contributed by atoms with Crippen LogP contribution in [0.3, 0.4) is 0 Å². The van der Waals surface area contributed by atoms with E-state index in [2.05, 4.69) is 190 Å². The molecule has 1 heterocycles. The Morgan fingerprint density at radius 1 is 0.169 bits per heavy atom. The molecule has 0 atom stereocenters. The monoisotopic (exact) mass is 867 g/mol. The first-order valence-corrected chi connectivity index (χ1v) is 24.0. The van der Waals surface area contributed by atoms with Crippen LogP contribution in [-0.4, -0.2) is 0 Å². The van der Waals surface area contributed by atoms with Gasteiger partial charge in [0.15, 0.2) is 0 Å². The Balaban J connectivity index is 1.69. The molecule has 7 aromatic rings. The van der Waals surface area contributed by atoms with Crippen molar-refractivity contribution >= 4 is 56.1 Å². The van der Waals surface area contributed by atoms with Crippen LogP contribution in [0.5, 0.6) is 0 Å². The van der Waals surface area contributed by atoms with E-state index in [1.165, 1.54) is 190 Å². The quantitative estimate of drug-likeness (QED) is 0.166. The van der Waals surface area contributed by atoms with Crippen LogP contribution in [0.25, 0.3) is 21.9 Å². The molecule has 7 rings (SSSR count). The van der Waals surface area contributed by atoms with E-state index in [9.17, 15) is 0 Å². The summed E-state index contributed by atoms with van der Waals surface area (Å²) in [7, 11) is 0. The first-order valence-electron chi connectivity index (χ1n) is 24.0. The summed E-state index contributed by atoms with van der Waals surface area (Å²) in [5.74, 6) is 0.